The van der Waals surface area contributed by atoms with Crippen molar-refractivity contribution in [2.45, 2.75) is 44.3 Å². The van der Waals surface area contributed by atoms with Crippen LogP contribution in [0.15, 0.2) is 54.6 Å². The molecule has 8 heteroatoms. The summed E-state index contributed by atoms with van der Waals surface area (Å²) in [7, 11) is 0. The zero-order valence-corrected chi connectivity index (χ0v) is 19.2. The van der Waals surface area contributed by atoms with Gasteiger partial charge in [-0.2, -0.15) is 0 Å². The molecule has 2 atom stereocenters. The number of nitrogens with one attached hydrogen (secondary N) is 1. The first kappa shape index (κ1) is 23.1. The number of benzene rings is 2. The van der Waals surface area contributed by atoms with Gasteiger partial charge in [-0.15, -0.1) is 0 Å². The number of carbonyl (C=O) groups excluding carboxylic acids is 3. The number of carbonyl (C=O) groups is 3. The van der Waals surface area contributed by atoms with Crippen molar-refractivity contribution in [2.24, 2.45) is 0 Å². The lowest BCUT2D eigenvalue weighted by Crippen LogP contribution is -2.53. The molecule has 2 aliphatic heterocycles. The van der Waals surface area contributed by atoms with Crippen molar-refractivity contribution >= 4 is 29.3 Å². The fourth-order valence-corrected chi connectivity index (χ4v) is 4.60. The topological polar surface area (TPSA) is 79.0 Å². The fourth-order valence-electron chi connectivity index (χ4n) is 4.47. The second kappa shape index (κ2) is 10.7. The Morgan fingerprint density at radius 2 is 1.58 bits per heavy atom. The molecule has 0 bridgehead atoms. The van der Waals surface area contributed by atoms with E-state index in [0.717, 1.165) is 18.4 Å². The highest BCUT2D eigenvalue weighted by molar-refractivity contribution is 6.30. The number of rotatable bonds is 7. The van der Waals surface area contributed by atoms with Gasteiger partial charge in [0.1, 0.15) is 18.4 Å². The molecule has 0 saturated carbocycles. The molecule has 1 N–H and O–H groups in total. The molecular formula is C25H28ClN3O4. The number of Topliss-reactive ketones (excluding diaryl/α,β-unsaturated/α-hetero) is 1. The van der Waals surface area contributed by atoms with Gasteiger partial charge in [0.05, 0.1) is 6.04 Å². The predicted molar refractivity (Wildman–Crippen MR) is 125 cm³/mol. The maximum Gasteiger partial charge on any atom is 0.318 e. The second-order valence-electron chi connectivity index (χ2n) is 8.39. The quantitative estimate of drug-likeness (QED) is 0.671. The van der Waals surface area contributed by atoms with Crippen LogP contribution >= 0.6 is 11.6 Å². The monoisotopic (exact) mass is 469 g/mol. The van der Waals surface area contributed by atoms with Crippen LogP contribution in [0.25, 0.3) is 0 Å². The third-order valence-electron chi connectivity index (χ3n) is 6.19. The van der Waals surface area contributed by atoms with Crippen LogP contribution in [-0.2, 0) is 16.1 Å². The Labute approximate surface area is 198 Å². The normalized spacial score (nSPS) is 20.0. The van der Waals surface area contributed by atoms with Crippen LogP contribution in [0.3, 0.4) is 0 Å². The maximum absolute atomic E-state index is 13.4. The molecule has 2 fully saturated rings. The van der Waals surface area contributed by atoms with E-state index in [1.54, 1.807) is 34.1 Å². The predicted octanol–water partition coefficient (Wildman–Crippen LogP) is 3.65. The van der Waals surface area contributed by atoms with Gasteiger partial charge >= 0.3 is 6.03 Å². The molecule has 0 spiro atoms. The van der Waals surface area contributed by atoms with Crippen molar-refractivity contribution in [3.8, 4) is 5.75 Å². The largest absolute Gasteiger partial charge is 0.486 e. The summed E-state index contributed by atoms with van der Waals surface area (Å²) in [5.41, 5.74) is 0.929. The number of ether oxygens (including phenoxy) is 1. The van der Waals surface area contributed by atoms with E-state index in [2.05, 4.69) is 5.32 Å². The zero-order chi connectivity index (χ0) is 23.2. The highest BCUT2D eigenvalue weighted by atomic mass is 35.5. The van der Waals surface area contributed by atoms with Crippen LogP contribution in [0.2, 0.25) is 5.02 Å². The SMILES string of the molecule is O=C(COc1ccccc1)[C@@H]1CCCN1C(=O)[C@@H]1CCCN1C(=O)NCc1ccc(Cl)cc1. The molecule has 2 aliphatic rings. The zero-order valence-electron chi connectivity index (χ0n) is 18.4. The molecule has 7 nitrogen and oxygen atoms in total. The standard InChI is InChI=1S/C25H28ClN3O4/c26-19-12-10-18(11-13-19)16-27-25(32)29-15-5-9-22(29)24(31)28-14-4-8-21(28)23(30)17-33-20-6-2-1-3-7-20/h1-3,6-7,10-13,21-22H,4-5,8-9,14-17H2,(H,27,32)/t21-,22-/m0/s1. The Kier molecular flexibility index (Phi) is 7.50. The summed E-state index contributed by atoms with van der Waals surface area (Å²) in [6, 6.07) is 15.1. The van der Waals surface area contributed by atoms with Crippen LogP contribution in [0, 0.1) is 0 Å². The van der Waals surface area contributed by atoms with Crippen molar-refractivity contribution in [3.05, 3.63) is 65.2 Å². The van der Waals surface area contributed by atoms with Crippen molar-refractivity contribution in [3.63, 3.8) is 0 Å². The average Bonchev–Trinajstić information content (AvgIpc) is 3.52. The van der Waals surface area contributed by atoms with Gasteiger partial charge in [0, 0.05) is 24.7 Å². The Bertz CT molecular complexity index is 983. The fraction of sp³-hybridized carbons (Fsp3) is 0.400. The van der Waals surface area contributed by atoms with Gasteiger partial charge in [0.15, 0.2) is 5.78 Å². The minimum Gasteiger partial charge on any atom is -0.486 e. The van der Waals surface area contributed by atoms with E-state index >= 15 is 0 Å². The van der Waals surface area contributed by atoms with Crippen LogP contribution in [-0.4, -0.2) is 59.3 Å². The van der Waals surface area contributed by atoms with Gasteiger partial charge in [0.2, 0.25) is 5.91 Å². The number of nitrogens with zero attached hydrogens (tertiary/aromatic N) is 2. The molecule has 174 valence electrons. The summed E-state index contributed by atoms with van der Waals surface area (Å²) in [6.45, 7) is 1.33. The minimum atomic E-state index is -0.543. The van der Waals surface area contributed by atoms with Gasteiger partial charge in [-0.1, -0.05) is 41.9 Å². The van der Waals surface area contributed by atoms with Gasteiger partial charge in [-0.05, 0) is 55.5 Å². The number of hydrogen-bond acceptors (Lipinski definition) is 4. The van der Waals surface area contributed by atoms with Crippen LogP contribution < -0.4 is 10.1 Å². The molecule has 0 aliphatic carbocycles. The Hall–Kier alpha value is -3.06. The van der Waals surface area contributed by atoms with E-state index in [1.807, 2.05) is 30.3 Å². The van der Waals surface area contributed by atoms with Crippen LogP contribution in [0.5, 0.6) is 5.75 Å². The number of likely N-dealkylation sites (tertiary alicyclic amines) is 2. The molecule has 3 amide bonds. The summed E-state index contributed by atoms with van der Waals surface area (Å²) in [5.74, 6) is 0.368. The van der Waals surface area contributed by atoms with E-state index in [0.29, 0.717) is 43.2 Å². The molecule has 4 rings (SSSR count). The lowest BCUT2D eigenvalue weighted by Gasteiger charge is -2.31. The summed E-state index contributed by atoms with van der Waals surface area (Å²) < 4.78 is 5.60. The minimum absolute atomic E-state index is 0.0750. The van der Waals surface area contributed by atoms with Crippen molar-refractivity contribution in [2.75, 3.05) is 19.7 Å². The maximum atomic E-state index is 13.4. The lowest BCUT2D eigenvalue weighted by molar-refractivity contribution is -0.141. The van der Waals surface area contributed by atoms with E-state index in [-0.39, 0.29) is 24.3 Å². The number of halogens is 1. The van der Waals surface area contributed by atoms with Crippen molar-refractivity contribution in [1.29, 1.82) is 0 Å². The molecular weight excluding hydrogens is 442 g/mol. The van der Waals surface area contributed by atoms with E-state index in [4.69, 9.17) is 16.3 Å². The number of urea groups is 1. The van der Waals surface area contributed by atoms with Crippen LogP contribution in [0.1, 0.15) is 31.2 Å². The number of hydrogen-bond donors (Lipinski definition) is 1. The average molecular weight is 470 g/mol. The number of para-hydroxylation sites is 1. The molecule has 2 saturated heterocycles. The molecule has 2 heterocycles. The Balaban J connectivity index is 1.34. The Morgan fingerprint density at radius 3 is 2.30 bits per heavy atom. The third kappa shape index (κ3) is 5.66. The van der Waals surface area contributed by atoms with Crippen molar-refractivity contribution < 1.29 is 19.1 Å². The third-order valence-corrected chi connectivity index (χ3v) is 6.44. The summed E-state index contributed by atoms with van der Waals surface area (Å²) >= 11 is 5.91. The molecule has 2 aromatic rings. The summed E-state index contributed by atoms with van der Waals surface area (Å²) in [6.07, 6.45) is 2.75. The van der Waals surface area contributed by atoms with Gasteiger partial charge in [-0.3, -0.25) is 9.59 Å². The first-order chi connectivity index (χ1) is 16.0. The molecule has 0 unspecified atom stereocenters. The molecule has 0 aromatic heterocycles. The van der Waals surface area contributed by atoms with E-state index < -0.39 is 12.1 Å². The summed E-state index contributed by atoms with van der Waals surface area (Å²) in [5, 5.41) is 3.53. The van der Waals surface area contributed by atoms with Gasteiger partial charge in [-0.25, -0.2) is 4.79 Å². The van der Waals surface area contributed by atoms with Gasteiger partial charge < -0.3 is 19.9 Å². The first-order valence-electron chi connectivity index (χ1n) is 11.3. The Morgan fingerprint density at radius 1 is 0.909 bits per heavy atom. The van der Waals surface area contributed by atoms with Gasteiger partial charge in [0.25, 0.3) is 0 Å². The number of ketones is 1. The van der Waals surface area contributed by atoms with Crippen LogP contribution in [0.4, 0.5) is 4.79 Å². The highest BCUT2D eigenvalue weighted by Crippen LogP contribution is 2.25. The molecule has 33 heavy (non-hydrogen) atoms. The molecule has 2 aromatic carbocycles. The molecule has 0 radical (unpaired) electrons. The smallest absolute Gasteiger partial charge is 0.318 e. The van der Waals surface area contributed by atoms with E-state index in [1.165, 1.54) is 0 Å². The van der Waals surface area contributed by atoms with E-state index in [9.17, 15) is 14.4 Å². The second-order valence-corrected chi connectivity index (χ2v) is 8.83. The van der Waals surface area contributed by atoms with Crippen molar-refractivity contribution in [1.82, 2.24) is 15.1 Å². The summed E-state index contributed by atoms with van der Waals surface area (Å²) in [4.78, 5) is 42.2. The highest BCUT2D eigenvalue weighted by Gasteiger charge is 2.42. The lowest BCUT2D eigenvalue weighted by atomic mass is 10.1. The number of amides is 3. The first-order valence-corrected chi connectivity index (χ1v) is 11.7.